The second kappa shape index (κ2) is 6.42. The first-order chi connectivity index (χ1) is 14.3. The van der Waals surface area contributed by atoms with Gasteiger partial charge < -0.3 is 0 Å². The summed E-state index contributed by atoms with van der Waals surface area (Å²) in [5, 5.41) is 3.38. The monoisotopic (exact) mass is 408 g/mol. The molecule has 0 saturated heterocycles. The van der Waals surface area contributed by atoms with E-state index in [1.54, 1.807) is 33.2 Å². The summed E-state index contributed by atoms with van der Waals surface area (Å²) in [6.45, 7) is 2.13. The minimum Gasteiger partial charge on any atom is -0.299 e. The molecule has 0 aliphatic heterocycles. The van der Waals surface area contributed by atoms with Gasteiger partial charge in [-0.15, -0.1) is 0 Å². The average Bonchev–Trinajstić information content (AvgIpc) is 3.63. The number of fused-ring (bicyclic) bond motifs is 1. The van der Waals surface area contributed by atoms with Crippen LogP contribution in [0.3, 0.4) is 0 Å². The van der Waals surface area contributed by atoms with E-state index in [-0.39, 0.29) is 34.1 Å². The number of carbonyl (C=O) groups is 1. The van der Waals surface area contributed by atoms with Crippen LogP contribution >= 0.6 is 0 Å². The van der Waals surface area contributed by atoms with E-state index in [1.807, 2.05) is 0 Å². The lowest BCUT2D eigenvalue weighted by Crippen LogP contribution is -2.40. The Labute approximate surface area is 171 Å². The van der Waals surface area contributed by atoms with Crippen LogP contribution in [0, 0.1) is 12.8 Å². The molecular weight excluding hydrogens is 384 g/mol. The Morgan fingerprint density at radius 2 is 1.77 bits per heavy atom. The first-order valence-electron chi connectivity index (χ1n) is 10.4. The van der Waals surface area contributed by atoms with Crippen LogP contribution < -0.4 is 16.8 Å². The lowest BCUT2D eigenvalue weighted by molar-refractivity contribution is 0.103. The Morgan fingerprint density at radius 3 is 2.40 bits per heavy atom. The number of benzene rings is 1. The molecule has 0 bridgehead atoms. The topological polar surface area (TPSA) is 98.9 Å². The van der Waals surface area contributed by atoms with Gasteiger partial charge in [0.1, 0.15) is 5.56 Å². The van der Waals surface area contributed by atoms with Gasteiger partial charge in [-0.2, -0.15) is 0 Å². The number of carbonyl (C=O) groups excluding carboxylic acids is 1. The summed E-state index contributed by atoms with van der Waals surface area (Å²) in [4.78, 5) is 52.0. The number of hydrogen-bond donors (Lipinski definition) is 1. The SMILES string of the molecule is Cc1c(C(=O)c2c(C3CC3)[nH]n(C)c2=O)ccc2c1c(=O)n(CC1CC1)c(=O)n2C. The second-order valence-electron chi connectivity index (χ2n) is 8.70. The van der Waals surface area contributed by atoms with Gasteiger partial charge in [-0.1, -0.05) is 0 Å². The van der Waals surface area contributed by atoms with Gasteiger partial charge in [0.25, 0.3) is 11.1 Å². The van der Waals surface area contributed by atoms with Gasteiger partial charge in [0.05, 0.1) is 16.6 Å². The number of nitrogens with one attached hydrogen (secondary N) is 1. The summed E-state index contributed by atoms with van der Waals surface area (Å²) in [7, 11) is 3.24. The molecule has 2 aliphatic rings. The van der Waals surface area contributed by atoms with Crippen LogP contribution in [0.15, 0.2) is 26.5 Å². The molecule has 0 amide bonds. The highest BCUT2D eigenvalue weighted by molar-refractivity contribution is 6.12. The first kappa shape index (κ1) is 18.8. The summed E-state index contributed by atoms with van der Waals surface area (Å²) in [6, 6.07) is 3.25. The molecule has 0 radical (unpaired) electrons. The molecule has 30 heavy (non-hydrogen) atoms. The zero-order valence-corrected chi connectivity index (χ0v) is 17.3. The fourth-order valence-electron chi connectivity index (χ4n) is 4.31. The highest BCUT2D eigenvalue weighted by atomic mass is 16.2. The van der Waals surface area contributed by atoms with Crippen LogP contribution in [0.2, 0.25) is 0 Å². The Hall–Kier alpha value is -3.16. The number of ketones is 1. The number of aromatic amines is 1. The molecule has 1 N–H and O–H groups in total. The molecule has 1 aromatic carbocycles. The van der Waals surface area contributed by atoms with Crippen LogP contribution in [0.1, 0.15) is 58.8 Å². The van der Waals surface area contributed by atoms with Gasteiger partial charge in [0.2, 0.25) is 5.78 Å². The highest BCUT2D eigenvalue weighted by Crippen LogP contribution is 2.40. The molecule has 2 fully saturated rings. The van der Waals surface area contributed by atoms with Crippen molar-refractivity contribution in [3.63, 3.8) is 0 Å². The van der Waals surface area contributed by atoms with Crippen LogP contribution in [0.5, 0.6) is 0 Å². The van der Waals surface area contributed by atoms with Crippen LogP contribution in [0.25, 0.3) is 10.9 Å². The van der Waals surface area contributed by atoms with Gasteiger partial charge in [0, 0.05) is 32.1 Å². The zero-order chi connectivity index (χ0) is 21.3. The van der Waals surface area contributed by atoms with Crippen LogP contribution in [-0.4, -0.2) is 24.7 Å². The van der Waals surface area contributed by atoms with E-state index < -0.39 is 0 Å². The third-order valence-corrected chi connectivity index (χ3v) is 6.45. The summed E-state index contributed by atoms with van der Waals surface area (Å²) in [6.07, 6.45) is 3.94. The average molecular weight is 408 g/mol. The molecule has 3 aromatic rings. The minimum atomic E-state index is -0.375. The Bertz CT molecular complexity index is 1390. The standard InChI is InChI=1S/C22H24N4O4/c1-11-14(19(27)17-18(13-6-7-13)23-25(3)20(17)28)8-9-15-16(11)21(29)26(10-12-4-5-12)22(30)24(15)2/h8-9,12-13,23H,4-7,10H2,1-3H3. The number of aryl methyl sites for hydroxylation is 3. The third-order valence-electron chi connectivity index (χ3n) is 6.45. The van der Waals surface area contributed by atoms with Crippen molar-refractivity contribution < 1.29 is 4.79 Å². The van der Waals surface area contributed by atoms with Gasteiger partial charge in [-0.3, -0.25) is 33.3 Å². The van der Waals surface area contributed by atoms with Gasteiger partial charge >= 0.3 is 5.69 Å². The lowest BCUT2D eigenvalue weighted by Gasteiger charge is -2.14. The molecule has 2 aromatic heterocycles. The predicted molar refractivity (Wildman–Crippen MR) is 112 cm³/mol. The van der Waals surface area contributed by atoms with Crippen molar-refractivity contribution in [3.8, 4) is 0 Å². The molecule has 2 saturated carbocycles. The van der Waals surface area contributed by atoms with E-state index in [2.05, 4.69) is 5.10 Å². The molecule has 8 nitrogen and oxygen atoms in total. The summed E-state index contributed by atoms with van der Waals surface area (Å²) < 4.78 is 4.08. The second-order valence-corrected chi connectivity index (χ2v) is 8.70. The van der Waals surface area contributed by atoms with E-state index >= 15 is 0 Å². The molecule has 156 valence electrons. The van der Waals surface area contributed by atoms with Gasteiger partial charge in [0.15, 0.2) is 0 Å². The van der Waals surface area contributed by atoms with Crippen molar-refractivity contribution in [2.75, 3.05) is 0 Å². The molecule has 5 rings (SSSR count). The molecule has 2 aliphatic carbocycles. The fraction of sp³-hybridized carbons (Fsp3) is 0.455. The van der Waals surface area contributed by atoms with Crippen molar-refractivity contribution >= 4 is 16.7 Å². The third kappa shape index (κ3) is 2.74. The zero-order valence-electron chi connectivity index (χ0n) is 17.3. The Morgan fingerprint density at radius 1 is 1.07 bits per heavy atom. The summed E-state index contributed by atoms with van der Waals surface area (Å²) in [5.74, 6) is 0.192. The summed E-state index contributed by atoms with van der Waals surface area (Å²) >= 11 is 0. The number of hydrogen-bond acceptors (Lipinski definition) is 4. The number of H-pyrrole nitrogens is 1. The highest BCUT2D eigenvalue weighted by Gasteiger charge is 2.34. The maximum Gasteiger partial charge on any atom is 0.331 e. The van der Waals surface area contributed by atoms with E-state index in [9.17, 15) is 19.2 Å². The molecule has 0 unspecified atom stereocenters. The molecule has 0 spiro atoms. The first-order valence-corrected chi connectivity index (χ1v) is 10.4. The lowest BCUT2D eigenvalue weighted by atomic mass is 9.95. The maximum absolute atomic E-state index is 13.4. The largest absolute Gasteiger partial charge is 0.331 e. The van der Waals surface area contributed by atoms with Crippen LogP contribution in [-0.2, 0) is 20.6 Å². The normalized spacial score (nSPS) is 16.4. The minimum absolute atomic E-state index is 0.158. The van der Waals surface area contributed by atoms with E-state index in [1.165, 1.54) is 13.8 Å². The molecule has 8 heteroatoms. The fourth-order valence-corrected chi connectivity index (χ4v) is 4.31. The van der Waals surface area contributed by atoms with Crippen molar-refractivity contribution in [1.29, 1.82) is 0 Å². The Balaban J connectivity index is 1.73. The van der Waals surface area contributed by atoms with E-state index in [4.69, 9.17) is 0 Å². The van der Waals surface area contributed by atoms with Crippen molar-refractivity contribution in [3.05, 3.63) is 65.7 Å². The number of aromatic nitrogens is 4. The molecular formula is C22H24N4O4. The van der Waals surface area contributed by atoms with E-state index in [0.717, 1.165) is 25.7 Å². The molecule has 2 heterocycles. The van der Waals surface area contributed by atoms with Crippen molar-refractivity contribution in [1.82, 2.24) is 18.9 Å². The maximum atomic E-state index is 13.4. The quantitative estimate of drug-likeness (QED) is 0.648. The summed E-state index contributed by atoms with van der Waals surface area (Å²) in [5.41, 5.74) is 1.11. The number of rotatable bonds is 5. The predicted octanol–water partition coefficient (Wildman–Crippen LogP) is 1.55. The van der Waals surface area contributed by atoms with Gasteiger partial charge in [-0.25, -0.2) is 4.79 Å². The smallest absolute Gasteiger partial charge is 0.299 e. The van der Waals surface area contributed by atoms with Crippen LogP contribution in [0.4, 0.5) is 0 Å². The molecule has 0 atom stereocenters. The van der Waals surface area contributed by atoms with Gasteiger partial charge in [-0.05, 0) is 56.2 Å². The van der Waals surface area contributed by atoms with E-state index in [0.29, 0.717) is 40.2 Å². The Kier molecular flexibility index (Phi) is 4.03. The van der Waals surface area contributed by atoms with Crippen molar-refractivity contribution in [2.45, 2.75) is 45.1 Å². The van der Waals surface area contributed by atoms with Crippen molar-refractivity contribution in [2.24, 2.45) is 20.0 Å². The number of nitrogens with zero attached hydrogens (tertiary/aromatic N) is 3.